The fourth-order valence-electron chi connectivity index (χ4n) is 4.87. The Morgan fingerprint density at radius 1 is 1.00 bits per heavy atom. The van der Waals surface area contributed by atoms with Crippen LogP contribution in [-0.4, -0.2) is 0 Å². The maximum Gasteiger partial charge on any atom is -0.00881 e. The van der Waals surface area contributed by atoms with E-state index in [1.807, 2.05) is 0 Å². The third kappa shape index (κ3) is 3.16. The lowest BCUT2D eigenvalue weighted by atomic mass is 9.73. The summed E-state index contributed by atoms with van der Waals surface area (Å²) in [6.07, 6.45) is 13.0. The minimum Gasteiger partial charge on any atom is -0.0795 e. The van der Waals surface area contributed by atoms with Gasteiger partial charge in [0.15, 0.2) is 0 Å². The van der Waals surface area contributed by atoms with E-state index in [4.69, 9.17) is 0 Å². The molecule has 3 rings (SSSR count). The average molecular weight is 296 g/mol. The zero-order chi connectivity index (χ0) is 15.7. The van der Waals surface area contributed by atoms with E-state index in [2.05, 4.69) is 52.0 Å². The Balaban J connectivity index is 1.85. The molecule has 0 bridgehead atoms. The van der Waals surface area contributed by atoms with Gasteiger partial charge in [-0.25, -0.2) is 0 Å². The highest BCUT2D eigenvalue weighted by molar-refractivity contribution is 5.65. The molecule has 1 unspecified atom stereocenters. The third-order valence-corrected chi connectivity index (χ3v) is 6.25. The minimum absolute atomic E-state index is 0.704. The van der Waals surface area contributed by atoms with Gasteiger partial charge < -0.3 is 0 Å². The van der Waals surface area contributed by atoms with Gasteiger partial charge in [-0.3, -0.25) is 0 Å². The van der Waals surface area contributed by atoms with Gasteiger partial charge in [-0.2, -0.15) is 0 Å². The Bertz CT molecular complexity index is 539. The van der Waals surface area contributed by atoms with Crippen molar-refractivity contribution in [1.29, 1.82) is 0 Å². The summed E-state index contributed by atoms with van der Waals surface area (Å²) >= 11 is 0. The summed E-state index contributed by atoms with van der Waals surface area (Å²) in [5.74, 6) is 3.39. The Morgan fingerprint density at radius 2 is 1.68 bits per heavy atom. The average Bonchev–Trinajstić information content (AvgIpc) is 2.93. The Labute approximate surface area is 137 Å². The number of fused-ring (bicyclic) bond motifs is 1. The van der Waals surface area contributed by atoms with Crippen molar-refractivity contribution in [3.8, 4) is 0 Å². The molecule has 1 aromatic rings. The fraction of sp³-hybridized carbons (Fsp3) is 0.636. The van der Waals surface area contributed by atoms with Gasteiger partial charge in [0.1, 0.15) is 0 Å². The number of rotatable bonds is 2. The second-order valence-corrected chi connectivity index (χ2v) is 8.12. The lowest BCUT2D eigenvalue weighted by Gasteiger charge is -2.32. The van der Waals surface area contributed by atoms with Crippen LogP contribution in [0, 0.1) is 24.7 Å². The topological polar surface area (TPSA) is 0 Å². The monoisotopic (exact) mass is 296 g/mol. The molecule has 0 saturated heterocycles. The lowest BCUT2D eigenvalue weighted by Crippen LogP contribution is -2.18. The van der Waals surface area contributed by atoms with Crippen molar-refractivity contribution in [2.45, 2.75) is 72.1 Å². The van der Waals surface area contributed by atoms with Gasteiger partial charge in [0.25, 0.3) is 0 Å². The Morgan fingerprint density at radius 3 is 2.36 bits per heavy atom. The number of allylic oxidation sites excluding steroid dienone is 1. The van der Waals surface area contributed by atoms with E-state index in [-0.39, 0.29) is 0 Å². The summed E-state index contributed by atoms with van der Waals surface area (Å²) in [7, 11) is 0. The normalized spacial score (nSPS) is 29.7. The van der Waals surface area contributed by atoms with Crippen molar-refractivity contribution >= 4 is 6.08 Å². The van der Waals surface area contributed by atoms with Crippen LogP contribution in [0.25, 0.3) is 6.08 Å². The second-order valence-electron chi connectivity index (χ2n) is 8.12. The first-order valence-corrected chi connectivity index (χ1v) is 9.35. The first-order valence-electron chi connectivity index (χ1n) is 9.35. The summed E-state index contributed by atoms with van der Waals surface area (Å²) in [4.78, 5) is 0. The lowest BCUT2D eigenvalue weighted by molar-refractivity contribution is 0.254. The van der Waals surface area contributed by atoms with Crippen molar-refractivity contribution < 1.29 is 0 Å². The quantitative estimate of drug-likeness (QED) is 0.582. The fourth-order valence-corrected chi connectivity index (χ4v) is 4.87. The molecule has 0 radical (unpaired) electrons. The summed E-state index contributed by atoms with van der Waals surface area (Å²) < 4.78 is 0. The summed E-state index contributed by atoms with van der Waals surface area (Å²) in [6.45, 7) is 9.72. The molecular weight excluding hydrogens is 264 g/mol. The van der Waals surface area contributed by atoms with Gasteiger partial charge in [-0.15, -0.1) is 0 Å². The van der Waals surface area contributed by atoms with E-state index >= 15 is 0 Å². The molecule has 22 heavy (non-hydrogen) atoms. The highest BCUT2D eigenvalue weighted by atomic mass is 14.3. The molecule has 0 amide bonds. The van der Waals surface area contributed by atoms with Crippen molar-refractivity contribution in [2.24, 2.45) is 17.8 Å². The first kappa shape index (κ1) is 15.8. The molecule has 0 heteroatoms. The predicted molar refractivity (Wildman–Crippen MR) is 97.2 cm³/mol. The van der Waals surface area contributed by atoms with Crippen molar-refractivity contribution in [1.82, 2.24) is 0 Å². The number of hydrogen-bond donors (Lipinski definition) is 0. The van der Waals surface area contributed by atoms with E-state index in [0.29, 0.717) is 5.92 Å². The molecule has 4 atom stereocenters. The van der Waals surface area contributed by atoms with Crippen molar-refractivity contribution in [2.75, 3.05) is 0 Å². The third-order valence-electron chi connectivity index (χ3n) is 6.25. The van der Waals surface area contributed by atoms with Crippen LogP contribution >= 0.6 is 0 Å². The molecule has 2 aliphatic carbocycles. The zero-order valence-corrected chi connectivity index (χ0v) is 14.9. The van der Waals surface area contributed by atoms with Gasteiger partial charge in [0.2, 0.25) is 0 Å². The van der Waals surface area contributed by atoms with Gasteiger partial charge in [0.05, 0.1) is 0 Å². The molecular formula is C22H32. The van der Waals surface area contributed by atoms with Crippen molar-refractivity contribution in [3.63, 3.8) is 0 Å². The molecule has 0 heterocycles. The molecule has 2 aliphatic rings. The highest BCUT2D eigenvalue weighted by Crippen LogP contribution is 2.41. The maximum atomic E-state index is 2.50. The second kappa shape index (κ2) is 6.60. The summed E-state index contributed by atoms with van der Waals surface area (Å²) in [6, 6.07) is 4.69. The Kier molecular flexibility index (Phi) is 4.76. The van der Waals surface area contributed by atoms with E-state index in [0.717, 1.165) is 24.2 Å². The largest absolute Gasteiger partial charge is 0.0795 e. The van der Waals surface area contributed by atoms with Gasteiger partial charge in [0, 0.05) is 0 Å². The molecule has 0 aromatic heterocycles. The van der Waals surface area contributed by atoms with Gasteiger partial charge in [-0.1, -0.05) is 57.9 Å². The predicted octanol–water partition coefficient (Wildman–Crippen LogP) is 6.52. The molecule has 0 spiro atoms. The smallest absolute Gasteiger partial charge is 0.00881 e. The van der Waals surface area contributed by atoms with Crippen LogP contribution in [0.4, 0.5) is 0 Å². The molecule has 0 nitrogen and oxygen atoms in total. The van der Waals surface area contributed by atoms with Crippen LogP contribution in [0.2, 0.25) is 0 Å². The molecule has 1 fully saturated rings. The maximum absolute atomic E-state index is 2.50. The van der Waals surface area contributed by atoms with E-state index < -0.39 is 0 Å². The highest BCUT2D eigenvalue weighted by Gasteiger charge is 2.27. The van der Waals surface area contributed by atoms with E-state index in [1.165, 1.54) is 37.7 Å². The minimum atomic E-state index is 0.704. The summed E-state index contributed by atoms with van der Waals surface area (Å²) in [5.41, 5.74) is 6.24. The molecule has 0 aliphatic heterocycles. The number of hydrogen-bond acceptors (Lipinski definition) is 0. The Hall–Kier alpha value is -1.04. The standard InChI is InChI=1S/C22H32/c1-15-8-11-19(12-9-16(2)14-15)18(4)22-17(3)10-13-20-6-5-7-21(20)22/h5,7,10,13,15-16,18-19H,6,8-9,11-12,14H2,1-4H3/t15-,16+,18-,19?/m1/s1. The van der Waals surface area contributed by atoms with Gasteiger partial charge >= 0.3 is 0 Å². The van der Waals surface area contributed by atoms with Crippen molar-refractivity contribution in [3.05, 3.63) is 40.5 Å². The summed E-state index contributed by atoms with van der Waals surface area (Å²) in [5, 5.41) is 0. The first-order chi connectivity index (χ1) is 10.6. The van der Waals surface area contributed by atoms with Crippen LogP contribution in [0.3, 0.4) is 0 Å². The van der Waals surface area contributed by atoms with Gasteiger partial charge in [-0.05, 0) is 78.5 Å². The number of benzene rings is 1. The van der Waals surface area contributed by atoms with Crippen LogP contribution < -0.4 is 0 Å². The zero-order valence-electron chi connectivity index (χ0n) is 14.9. The molecule has 120 valence electrons. The molecule has 1 aromatic carbocycles. The van der Waals surface area contributed by atoms with Crippen LogP contribution in [0.5, 0.6) is 0 Å². The SMILES string of the molecule is Cc1ccc2c(c1[C@H](C)C1CC[C@@H](C)C[C@@H](C)CC1)C=CC2. The number of aryl methyl sites for hydroxylation is 1. The van der Waals surface area contributed by atoms with Crippen LogP contribution in [-0.2, 0) is 6.42 Å². The molecule has 0 N–H and O–H groups in total. The van der Waals surface area contributed by atoms with E-state index in [1.54, 1.807) is 16.7 Å². The molecule has 1 saturated carbocycles. The van der Waals surface area contributed by atoms with Crippen LogP contribution in [0.1, 0.15) is 81.0 Å². The van der Waals surface area contributed by atoms with E-state index in [9.17, 15) is 0 Å². The van der Waals surface area contributed by atoms with Crippen LogP contribution in [0.15, 0.2) is 18.2 Å².